The Hall–Kier alpha value is -2.52. The summed E-state index contributed by atoms with van der Waals surface area (Å²) in [4.78, 5) is 21.2. The van der Waals surface area contributed by atoms with Gasteiger partial charge in [0.15, 0.2) is 11.3 Å². The first-order chi connectivity index (χ1) is 14.2. The van der Waals surface area contributed by atoms with Crippen molar-refractivity contribution in [3.8, 4) is 0 Å². The van der Waals surface area contributed by atoms with Gasteiger partial charge in [-0.2, -0.15) is 0 Å². The summed E-state index contributed by atoms with van der Waals surface area (Å²) in [6, 6.07) is 2.75. The quantitative estimate of drug-likeness (QED) is 0.648. The van der Waals surface area contributed by atoms with Crippen molar-refractivity contribution in [1.82, 2.24) is 34.4 Å². The van der Waals surface area contributed by atoms with E-state index in [0.29, 0.717) is 17.9 Å². The van der Waals surface area contributed by atoms with Crippen LogP contribution in [0.15, 0.2) is 18.5 Å². The summed E-state index contributed by atoms with van der Waals surface area (Å²) in [5, 5.41) is 15.9. The molecule has 3 aromatic rings. The molecule has 3 atom stereocenters. The molecule has 2 aliphatic rings. The maximum Gasteiger partial charge on any atom is 0.290 e. The van der Waals surface area contributed by atoms with Crippen molar-refractivity contribution in [3.05, 3.63) is 24.3 Å². The minimum atomic E-state index is -0.250. The molecular weight excluding hydrogens is 370 g/mol. The van der Waals surface area contributed by atoms with Crippen LogP contribution in [0.4, 0.5) is 0 Å². The van der Waals surface area contributed by atoms with Crippen molar-refractivity contribution in [1.29, 1.82) is 0 Å². The van der Waals surface area contributed by atoms with Gasteiger partial charge in [0.1, 0.15) is 5.82 Å². The Morgan fingerprint density at radius 1 is 1.24 bits per heavy atom. The van der Waals surface area contributed by atoms with Crippen molar-refractivity contribution >= 4 is 23.3 Å². The molecule has 5 rings (SSSR count). The normalized spacial score (nSPS) is 25.9. The maximum absolute atomic E-state index is 8.36. The van der Waals surface area contributed by atoms with Crippen LogP contribution in [0.1, 0.15) is 37.9 Å². The molecule has 3 unspecified atom stereocenters. The molecule has 0 radical (unpaired) electrons. The van der Waals surface area contributed by atoms with Gasteiger partial charge in [0.25, 0.3) is 6.47 Å². The van der Waals surface area contributed by atoms with E-state index in [-0.39, 0.29) is 6.47 Å². The first-order valence-electron chi connectivity index (χ1n) is 10.3. The third-order valence-corrected chi connectivity index (χ3v) is 6.55. The van der Waals surface area contributed by atoms with Crippen LogP contribution in [-0.4, -0.2) is 85.2 Å². The number of hydrogen-bond donors (Lipinski definition) is 2. The number of fused-ring (bicyclic) bond motifs is 3. The van der Waals surface area contributed by atoms with Crippen LogP contribution < -0.4 is 0 Å². The van der Waals surface area contributed by atoms with Gasteiger partial charge in [-0.3, -0.25) is 14.1 Å². The fraction of sp³-hybridized carbons (Fsp3) is 0.600. The predicted molar refractivity (Wildman–Crippen MR) is 110 cm³/mol. The van der Waals surface area contributed by atoms with Gasteiger partial charge in [-0.25, -0.2) is 4.98 Å². The van der Waals surface area contributed by atoms with Crippen LogP contribution in [-0.2, 0) is 4.79 Å². The zero-order chi connectivity index (χ0) is 20.4. The fourth-order valence-corrected chi connectivity index (χ4v) is 4.99. The molecule has 2 fully saturated rings. The zero-order valence-corrected chi connectivity index (χ0v) is 17.0. The number of aromatic nitrogens is 5. The number of H-pyrrole nitrogens is 1. The van der Waals surface area contributed by atoms with Crippen LogP contribution in [0.5, 0.6) is 0 Å². The molecule has 156 valence electrons. The monoisotopic (exact) mass is 399 g/mol. The average Bonchev–Trinajstić information content (AvgIpc) is 3.45. The maximum atomic E-state index is 8.36. The summed E-state index contributed by atoms with van der Waals surface area (Å²) in [5.74, 6) is 2.27. The Labute approximate surface area is 169 Å². The standard InChI is InChI=1S/C19H27N7.CH2O2/c1-3-13-10-14(25-8-6-24(2)7-9-25)11-15(13)19-23-22-17-12-21-18-16(26(17)19)4-5-20-18;2-1-3/h4-5,12-15,20H,3,6-11H2,1-2H3;1H,(H,2,3). The molecule has 0 amide bonds. The van der Waals surface area contributed by atoms with E-state index in [1.165, 1.54) is 45.4 Å². The van der Waals surface area contributed by atoms with E-state index < -0.39 is 0 Å². The zero-order valence-electron chi connectivity index (χ0n) is 17.0. The Balaban J connectivity index is 0.000000645. The van der Waals surface area contributed by atoms with Crippen molar-refractivity contribution in [2.75, 3.05) is 33.2 Å². The third-order valence-electron chi connectivity index (χ3n) is 6.55. The van der Waals surface area contributed by atoms with Gasteiger partial charge in [-0.1, -0.05) is 13.3 Å². The Bertz CT molecular complexity index is 960. The highest BCUT2D eigenvalue weighted by Crippen LogP contribution is 2.43. The highest BCUT2D eigenvalue weighted by molar-refractivity contribution is 5.74. The molecule has 0 spiro atoms. The molecule has 1 saturated carbocycles. The summed E-state index contributed by atoms with van der Waals surface area (Å²) >= 11 is 0. The Kier molecular flexibility index (Phi) is 5.77. The van der Waals surface area contributed by atoms with E-state index in [1.807, 2.05) is 12.4 Å². The van der Waals surface area contributed by atoms with E-state index in [4.69, 9.17) is 9.90 Å². The molecule has 0 aromatic carbocycles. The summed E-state index contributed by atoms with van der Waals surface area (Å²) in [6.45, 7) is 6.82. The minimum Gasteiger partial charge on any atom is -0.483 e. The number of aromatic amines is 1. The Morgan fingerprint density at radius 2 is 2.00 bits per heavy atom. The molecule has 3 aromatic heterocycles. The number of carboxylic acid groups (broad SMARTS) is 1. The second-order valence-corrected chi connectivity index (χ2v) is 8.07. The number of piperazine rings is 1. The highest BCUT2D eigenvalue weighted by Gasteiger charge is 2.40. The van der Waals surface area contributed by atoms with Gasteiger partial charge in [0.2, 0.25) is 0 Å². The van der Waals surface area contributed by atoms with E-state index in [2.05, 4.69) is 54.4 Å². The lowest BCUT2D eigenvalue weighted by atomic mass is 9.93. The van der Waals surface area contributed by atoms with Gasteiger partial charge >= 0.3 is 0 Å². The first kappa shape index (κ1) is 19.8. The molecule has 2 N–H and O–H groups in total. The molecule has 4 heterocycles. The van der Waals surface area contributed by atoms with Crippen molar-refractivity contribution < 1.29 is 9.90 Å². The second-order valence-electron chi connectivity index (χ2n) is 8.07. The largest absolute Gasteiger partial charge is 0.483 e. The number of nitrogens with one attached hydrogen (secondary N) is 1. The van der Waals surface area contributed by atoms with E-state index in [9.17, 15) is 0 Å². The van der Waals surface area contributed by atoms with Crippen LogP contribution in [0.25, 0.3) is 16.8 Å². The molecule has 9 heteroatoms. The van der Waals surface area contributed by atoms with Crippen LogP contribution >= 0.6 is 0 Å². The number of rotatable bonds is 3. The highest BCUT2D eigenvalue weighted by atomic mass is 16.3. The lowest BCUT2D eigenvalue weighted by molar-refractivity contribution is -0.122. The van der Waals surface area contributed by atoms with E-state index in [0.717, 1.165) is 22.6 Å². The summed E-state index contributed by atoms with van der Waals surface area (Å²) in [6.07, 6.45) is 7.44. The van der Waals surface area contributed by atoms with E-state index in [1.54, 1.807) is 0 Å². The summed E-state index contributed by atoms with van der Waals surface area (Å²) in [5.41, 5.74) is 2.84. The topological polar surface area (TPSA) is 103 Å². The average molecular weight is 399 g/mol. The van der Waals surface area contributed by atoms with Gasteiger partial charge in [0.05, 0.1) is 11.7 Å². The third kappa shape index (κ3) is 3.72. The molecule has 1 aliphatic carbocycles. The van der Waals surface area contributed by atoms with Crippen molar-refractivity contribution in [3.63, 3.8) is 0 Å². The molecule has 0 bridgehead atoms. The molecular formula is C20H29N7O2. The number of nitrogens with zero attached hydrogens (tertiary/aromatic N) is 6. The number of likely N-dealkylation sites (N-methyl/N-ethyl adjacent to an activating group) is 1. The smallest absolute Gasteiger partial charge is 0.290 e. The fourth-order valence-electron chi connectivity index (χ4n) is 4.99. The van der Waals surface area contributed by atoms with Gasteiger partial charge < -0.3 is 15.0 Å². The lowest BCUT2D eigenvalue weighted by Gasteiger charge is -2.36. The molecule has 29 heavy (non-hydrogen) atoms. The van der Waals surface area contributed by atoms with Crippen LogP contribution in [0.2, 0.25) is 0 Å². The molecule has 9 nitrogen and oxygen atoms in total. The Morgan fingerprint density at radius 3 is 2.72 bits per heavy atom. The van der Waals surface area contributed by atoms with Crippen molar-refractivity contribution in [2.45, 2.75) is 38.1 Å². The van der Waals surface area contributed by atoms with Gasteiger partial charge in [-0.15, -0.1) is 10.2 Å². The first-order valence-corrected chi connectivity index (χ1v) is 10.3. The molecule has 1 aliphatic heterocycles. The van der Waals surface area contributed by atoms with Crippen molar-refractivity contribution in [2.24, 2.45) is 5.92 Å². The summed E-state index contributed by atoms with van der Waals surface area (Å²) in [7, 11) is 2.22. The van der Waals surface area contributed by atoms with Gasteiger partial charge in [-0.05, 0) is 31.9 Å². The van der Waals surface area contributed by atoms with Gasteiger partial charge in [0, 0.05) is 44.3 Å². The SMILES string of the molecule is CCC1CC(N2CCN(C)CC2)CC1c1nnc2cnc3[nH]ccc3n12.O=CO. The van der Waals surface area contributed by atoms with Crippen LogP contribution in [0, 0.1) is 5.92 Å². The number of hydrogen-bond acceptors (Lipinski definition) is 6. The number of carbonyl (C=O) groups is 1. The van der Waals surface area contributed by atoms with Crippen LogP contribution in [0.3, 0.4) is 0 Å². The lowest BCUT2D eigenvalue weighted by Crippen LogP contribution is -2.48. The summed E-state index contributed by atoms with van der Waals surface area (Å²) < 4.78 is 2.22. The molecule has 1 saturated heterocycles. The predicted octanol–water partition coefficient (Wildman–Crippen LogP) is 1.83. The second kappa shape index (κ2) is 8.46. The van der Waals surface area contributed by atoms with E-state index >= 15 is 0 Å². The minimum absolute atomic E-state index is 0.250.